The van der Waals surface area contributed by atoms with Gasteiger partial charge in [-0.1, -0.05) is 13.0 Å². The molecule has 0 bridgehead atoms. The number of benzene rings is 1. The fraction of sp³-hybridized carbons (Fsp3) is 0.571. The molecule has 0 aromatic heterocycles. The predicted octanol–water partition coefficient (Wildman–Crippen LogP) is 2.80. The van der Waals surface area contributed by atoms with E-state index in [9.17, 15) is 4.39 Å². The average Bonchev–Trinajstić information content (AvgIpc) is 3.18. The molecule has 2 nitrogen and oxygen atoms in total. The maximum Gasteiger partial charge on any atom is 0.137 e. The second kappa shape index (κ2) is 6.55. The predicted molar refractivity (Wildman–Crippen MR) is 73.2 cm³/mol. The smallest absolute Gasteiger partial charge is 0.137 e. The van der Waals surface area contributed by atoms with Crippen LogP contribution in [0.1, 0.15) is 25.3 Å². The summed E-state index contributed by atoms with van der Waals surface area (Å²) in [6.45, 7) is 2.86. The molecule has 1 aliphatic rings. The van der Waals surface area contributed by atoms with Gasteiger partial charge in [-0.2, -0.15) is 0 Å². The summed E-state index contributed by atoms with van der Waals surface area (Å²) in [6, 6.07) is 6.08. The van der Waals surface area contributed by atoms with Gasteiger partial charge in [0.15, 0.2) is 0 Å². The molecular weight excluding hydrogens is 249 g/mol. The molecule has 0 spiro atoms. The van der Waals surface area contributed by atoms with Crippen molar-refractivity contribution in [3.63, 3.8) is 0 Å². The highest BCUT2D eigenvalue weighted by atomic mass is 32.2. The lowest BCUT2D eigenvalue weighted by Gasteiger charge is -2.09. The van der Waals surface area contributed by atoms with Crippen LogP contribution in [0.15, 0.2) is 23.1 Å². The van der Waals surface area contributed by atoms with Gasteiger partial charge in [-0.15, -0.1) is 11.8 Å². The highest BCUT2D eigenvalue weighted by Crippen LogP contribution is 2.25. The highest BCUT2D eigenvalue weighted by Gasteiger charge is 2.20. The lowest BCUT2D eigenvalue weighted by atomic mass is 10.2. The van der Waals surface area contributed by atoms with E-state index in [1.165, 1.54) is 24.6 Å². The molecule has 1 fully saturated rings. The van der Waals surface area contributed by atoms with Crippen molar-refractivity contribution in [1.29, 1.82) is 0 Å². The molecule has 18 heavy (non-hydrogen) atoms. The number of thioether (sulfide) groups is 1. The molecule has 100 valence electrons. The Bertz CT molecular complexity index is 395. The van der Waals surface area contributed by atoms with Crippen LogP contribution in [0, 0.1) is 11.7 Å². The SMILES string of the molecule is CC(CO)CSc1ccc(CNC2CC2)cc1F. The molecule has 0 heterocycles. The molecule has 1 aliphatic carbocycles. The zero-order valence-corrected chi connectivity index (χ0v) is 11.5. The Hall–Kier alpha value is -0.580. The van der Waals surface area contributed by atoms with Crippen molar-refractivity contribution < 1.29 is 9.50 Å². The lowest BCUT2D eigenvalue weighted by Crippen LogP contribution is -2.15. The van der Waals surface area contributed by atoms with E-state index in [2.05, 4.69) is 5.32 Å². The maximum atomic E-state index is 13.8. The van der Waals surface area contributed by atoms with Gasteiger partial charge in [0.2, 0.25) is 0 Å². The van der Waals surface area contributed by atoms with Crippen LogP contribution < -0.4 is 5.32 Å². The number of rotatable bonds is 7. The Morgan fingerprint density at radius 3 is 2.89 bits per heavy atom. The number of aliphatic hydroxyl groups excluding tert-OH is 1. The van der Waals surface area contributed by atoms with E-state index < -0.39 is 0 Å². The largest absolute Gasteiger partial charge is 0.396 e. The molecule has 1 atom stereocenters. The second-order valence-corrected chi connectivity index (χ2v) is 6.08. The Morgan fingerprint density at radius 2 is 2.28 bits per heavy atom. The lowest BCUT2D eigenvalue weighted by molar-refractivity contribution is 0.250. The Labute approximate surface area is 112 Å². The van der Waals surface area contributed by atoms with Gasteiger partial charge in [0, 0.05) is 29.8 Å². The van der Waals surface area contributed by atoms with Gasteiger partial charge in [0.1, 0.15) is 5.82 Å². The molecule has 1 unspecified atom stereocenters. The normalized spacial score (nSPS) is 16.8. The molecule has 1 saturated carbocycles. The van der Waals surface area contributed by atoms with Gasteiger partial charge in [0.25, 0.3) is 0 Å². The van der Waals surface area contributed by atoms with Gasteiger partial charge in [-0.25, -0.2) is 4.39 Å². The quantitative estimate of drug-likeness (QED) is 0.747. The number of hydrogen-bond donors (Lipinski definition) is 2. The first-order valence-electron chi connectivity index (χ1n) is 6.44. The van der Waals surface area contributed by atoms with Crippen molar-refractivity contribution in [2.75, 3.05) is 12.4 Å². The minimum Gasteiger partial charge on any atom is -0.396 e. The van der Waals surface area contributed by atoms with E-state index >= 15 is 0 Å². The number of aliphatic hydroxyl groups is 1. The molecule has 0 radical (unpaired) electrons. The van der Waals surface area contributed by atoms with Crippen molar-refractivity contribution in [3.05, 3.63) is 29.6 Å². The first-order chi connectivity index (χ1) is 8.69. The zero-order valence-electron chi connectivity index (χ0n) is 10.7. The standard InChI is InChI=1S/C14H20FNOS/c1-10(8-17)9-18-14-5-2-11(6-13(14)15)7-16-12-3-4-12/h2,5-6,10,12,16-17H,3-4,7-9H2,1H3. The van der Waals surface area contributed by atoms with Crippen LogP contribution in [-0.4, -0.2) is 23.5 Å². The third-order valence-electron chi connectivity index (χ3n) is 3.00. The van der Waals surface area contributed by atoms with Crippen LogP contribution in [0.2, 0.25) is 0 Å². The van der Waals surface area contributed by atoms with Gasteiger partial charge in [-0.05, 0) is 36.5 Å². The summed E-state index contributed by atoms with van der Waals surface area (Å²) in [6.07, 6.45) is 2.49. The highest BCUT2D eigenvalue weighted by molar-refractivity contribution is 7.99. The van der Waals surface area contributed by atoms with Crippen molar-refractivity contribution >= 4 is 11.8 Å². The number of halogens is 1. The minimum atomic E-state index is -0.153. The molecule has 1 aromatic rings. The fourth-order valence-corrected chi connectivity index (χ4v) is 2.54. The maximum absolute atomic E-state index is 13.8. The van der Waals surface area contributed by atoms with Crippen LogP contribution in [0.4, 0.5) is 4.39 Å². The number of nitrogens with one attached hydrogen (secondary N) is 1. The van der Waals surface area contributed by atoms with Gasteiger partial charge in [-0.3, -0.25) is 0 Å². The van der Waals surface area contributed by atoms with Gasteiger partial charge < -0.3 is 10.4 Å². The average molecular weight is 269 g/mol. The molecule has 4 heteroatoms. The summed E-state index contributed by atoms with van der Waals surface area (Å²) in [5.41, 5.74) is 0.999. The monoisotopic (exact) mass is 269 g/mol. The van der Waals surface area contributed by atoms with E-state index in [-0.39, 0.29) is 18.3 Å². The van der Waals surface area contributed by atoms with Crippen LogP contribution in [-0.2, 0) is 6.54 Å². The molecule has 0 aliphatic heterocycles. The molecule has 2 rings (SSSR count). The summed E-state index contributed by atoms with van der Waals surface area (Å²) in [5.74, 6) is 0.790. The summed E-state index contributed by atoms with van der Waals surface area (Å²) in [4.78, 5) is 0.672. The van der Waals surface area contributed by atoms with Crippen molar-refractivity contribution in [2.45, 2.75) is 37.2 Å². The summed E-state index contributed by atoms with van der Waals surface area (Å²) < 4.78 is 13.8. The zero-order chi connectivity index (χ0) is 13.0. The van der Waals surface area contributed by atoms with Crippen LogP contribution in [0.3, 0.4) is 0 Å². The van der Waals surface area contributed by atoms with E-state index in [4.69, 9.17) is 5.11 Å². The van der Waals surface area contributed by atoms with E-state index in [1.807, 2.05) is 19.1 Å². The second-order valence-electron chi connectivity index (χ2n) is 5.02. The minimum absolute atomic E-state index is 0.151. The van der Waals surface area contributed by atoms with E-state index in [0.29, 0.717) is 10.9 Å². The Kier molecular flexibility index (Phi) is 5.03. The summed E-state index contributed by atoms with van der Waals surface area (Å²) in [5, 5.41) is 12.3. The summed E-state index contributed by atoms with van der Waals surface area (Å²) in [7, 11) is 0. The van der Waals surface area contributed by atoms with Crippen molar-refractivity contribution in [1.82, 2.24) is 5.32 Å². The molecular formula is C14H20FNOS. The van der Waals surface area contributed by atoms with Gasteiger partial charge >= 0.3 is 0 Å². The van der Waals surface area contributed by atoms with Gasteiger partial charge in [0.05, 0.1) is 0 Å². The Balaban J connectivity index is 1.87. The Morgan fingerprint density at radius 1 is 1.50 bits per heavy atom. The fourth-order valence-electron chi connectivity index (χ4n) is 1.61. The van der Waals surface area contributed by atoms with Crippen molar-refractivity contribution in [2.24, 2.45) is 5.92 Å². The van der Waals surface area contributed by atoms with E-state index in [1.54, 1.807) is 6.07 Å². The van der Waals surface area contributed by atoms with Crippen LogP contribution in [0.25, 0.3) is 0 Å². The molecule has 1 aromatic carbocycles. The third kappa shape index (κ3) is 4.26. The van der Waals surface area contributed by atoms with E-state index in [0.717, 1.165) is 17.9 Å². The molecule has 0 amide bonds. The van der Waals surface area contributed by atoms with Crippen molar-refractivity contribution in [3.8, 4) is 0 Å². The first-order valence-corrected chi connectivity index (χ1v) is 7.43. The summed E-state index contributed by atoms with van der Waals surface area (Å²) >= 11 is 1.47. The van der Waals surface area contributed by atoms with Crippen LogP contribution >= 0.6 is 11.8 Å². The van der Waals surface area contributed by atoms with Crippen LogP contribution in [0.5, 0.6) is 0 Å². The topological polar surface area (TPSA) is 32.3 Å². The number of hydrogen-bond acceptors (Lipinski definition) is 3. The molecule has 0 saturated heterocycles. The third-order valence-corrected chi connectivity index (χ3v) is 4.38. The first kappa shape index (κ1) is 13.8. The molecule has 2 N–H and O–H groups in total.